The molecule has 0 spiro atoms. The third-order valence-corrected chi connectivity index (χ3v) is 9.01. The molecule has 0 aromatic heterocycles. The van der Waals surface area contributed by atoms with Crippen LogP contribution in [0.15, 0.2) is 24.3 Å². The van der Waals surface area contributed by atoms with E-state index in [1.165, 1.54) is 33.8 Å². The number of esters is 4. The fourth-order valence-electron chi connectivity index (χ4n) is 6.57. The number of rotatable bonds is 3. The Labute approximate surface area is 220 Å². The number of allylic oxidation sites excluding steroid dienone is 1. The molecule has 0 amide bonds. The highest BCUT2D eigenvalue weighted by molar-refractivity contribution is 6.23. The molecule has 204 valence electrons. The van der Waals surface area contributed by atoms with Crippen LogP contribution in [0.1, 0.15) is 48.0 Å². The second-order valence-electron chi connectivity index (χ2n) is 10.8. The minimum atomic E-state index is -2.13. The van der Waals surface area contributed by atoms with Crippen LogP contribution in [0.25, 0.3) is 0 Å². The zero-order chi connectivity index (χ0) is 27.7. The lowest BCUT2D eigenvalue weighted by molar-refractivity contribution is -0.231. The molecule has 0 aromatic carbocycles. The van der Waals surface area contributed by atoms with Crippen LogP contribution < -0.4 is 0 Å². The minimum absolute atomic E-state index is 0.263. The van der Waals surface area contributed by atoms with Crippen molar-refractivity contribution in [2.75, 3.05) is 0 Å². The maximum Gasteiger partial charge on any atom is 0.312 e. The molecule has 2 heterocycles. The molecule has 10 nitrogen and oxygen atoms in total. The predicted molar refractivity (Wildman–Crippen MR) is 128 cm³/mol. The lowest BCUT2D eigenvalue weighted by Gasteiger charge is -2.55. The minimum Gasteiger partial charge on any atom is -0.462 e. The first kappa shape index (κ1) is 27.6. The third kappa shape index (κ3) is 4.17. The van der Waals surface area contributed by atoms with Crippen molar-refractivity contribution in [1.82, 2.24) is 0 Å². The maximum atomic E-state index is 12.9. The molecule has 2 aliphatic heterocycles. The number of hydrogen-bond acceptors (Lipinski definition) is 10. The smallest absolute Gasteiger partial charge is 0.312 e. The molecule has 0 radical (unpaired) electrons. The highest BCUT2D eigenvalue weighted by Crippen LogP contribution is 2.64. The summed E-state index contributed by atoms with van der Waals surface area (Å²) in [6.45, 7) is 12.6. The van der Waals surface area contributed by atoms with Gasteiger partial charge in [0.05, 0.1) is 28.4 Å². The Bertz CT molecular complexity index is 1070. The van der Waals surface area contributed by atoms with Crippen LogP contribution in [0.2, 0.25) is 0 Å². The van der Waals surface area contributed by atoms with Crippen LogP contribution in [0.3, 0.4) is 0 Å². The average molecular weight is 541 g/mol. The number of carbonyl (C=O) groups excluding carboxylic acids is 4. The molecule has 1 saturated carbocycles. The Morgan fingerprint density at radius 2 is 1.70 bits per heavy atom. The first-order chi connectivity index (χ1) is 17.1. The van der Waals surface area contributed by atoms with Gasteiger partial charge < -0.3 is 28.8 Å². The number of fused-ring (bicyclic) bond motifs is 4. The van der Waals surface area contributed by atoms with Gasteiger partial charge in [0.2, 0.25) is 0 Å². The molecule has 7 unspecified atom stereocenters. The van der Waals surface area contributed by atoms with Crippen LogP contribution in [-0.4, -0.2) is 76.1 Å². The Balaban J connectivity index is 2.04. The van der Waals surface area contributed by atoms with Gasteiger partial charge in [0.1, 0.15) is 18.3 Å². The topological polar surface area (TPSA) is 138 Å². The quantitative estimate of drug-likeness (QED) is 0.245. The van der Waals surface area contributed by atoms with Gasteiger partial charge in [0.15, 0.2) is 11.7 Å². The first-order valence-electron chi connectivity index (χ1n) is 12.2. The van der Waals surface area contributed by atoms with Gasteiger partial charge in [-0.2, -0.15) is 0 Å². The molecule has 4 rings (SSSR count). The maximum absolute atomic E-state index is 12.9. The lowest BCUT2D eigenvalue weighted by atomic mass is 9.53. The number of epoxide rings is 1. The summed E-state index contributed by atoms with van der Waals surface area (Å²) in [5.41, 5.74) is -4.17. The molecule has 0 aromatic rings. The van der Waals surface area contributed by atoms with Gasteiger partial charge >= 0.3 is 23.9 Å². The number of ether oxygens (including phenoxy) is 5. The molecular formula is C26H33ClO10. The monoisotopic (exact) mass is 540 g/mol. The predicted octanol–water partition coefficient (Wildman–Crippen LogP) is 1.99. The van der Waals surface area contributed by atoms with E-state index in [4.69, 9.17) is 35.3 Å². The molecule has 0 bridgehead atoms. The zero-order valence-electron chi connectivity index (χ0n) is 21.7. The number of alkyl halides is 1. The average Bonchev–Trinajstić information content (AvgIpc) is 3.39. The summed E-state index contributed by atoms with van der Waals surface area (Å²) in [5, 5.41) is 11.3. The number of halogens is 1. The molecule has 11 atom stereocenters. The fraction of sp³-hybridized carbons (Fsp3) is 0.692. The van der Waals surface area contributed by atoms with Crippen molar-refractivity contribution < 1.29 is 48.0 Å². The van der Waals surface area contributed by atoms with Crippen molar-refractivity contribution in [3.05, 3.63) is 24.3 Å². The molecule has 2 saturated heterocycles. The van der Waals surface area contributed by atoms with E-state index in [2.05, 4.69) is 6.58 Å². The van der Waals surface area contributed by atoms with Crippen LogP contribution in [0, 0.1) is 17.3 Å². The van der Waals surface area contributed by atoms with Crippen molar-refractivity contribution in [3.8, 4) is 0 Å². The van der Waals surface area contributed by atoms with E-state index < -0.39 is 88.2 Å². The van der Waals surface area contributed by atoms with Gasteiger partial charge in [-0.3, -0.25) is 19.2 Å². The van der Waals surface area contributed by atoms with Gasteiger partial charge in [0, 0.05) is 33.1 Å². The molecule has 3 fully saturated rings. The molecule has 4 aliphatic rings. The van der Waals surface area contributed by atoms with Crippen LogP contribution in [0.5, 0.6) is 0 Å². The third-order valence-electron chi connectivity index (χ3n) is 8.50. The number of carbonyl (C=O) groups is 4. The Kier molecular flexibility index (Phi) is 6.79. The van der Waals surface area contributed by atoms with Gasteiger partial charge in [-0.25, -0.2) is 0 Å². The van der Waals surface area contributed by atoms with E-state index >= 15 is 0 Å². The largest absolute Gasteiger partial charge is 0.462 e. The number of aliphatic hydroxyl groups is 1. The van der Waals surface area contributed by atoms with Crippen LogP contribution >= 0.6 is 11.6 Å². The SMILES string of the molecule is C=C1/C=C/[C@H](OC(C)=O)[C@@]2(C)C(OC(C)=O)CC3O[C@@]3(C)C2[C@H](OC(C)=O)C2(O)C(C)C(=O)OC2C1Cl. The second kappa shape index (κ2) is 9.10. The van der Waals surface area contributed by atoms with E-state index in [0.717, 1.165) is 0 Å². The molecule has 11 heteroatoms. The summed E-state index contributed by atoms with van der Waals surface area (Å²) in [7, 11) is 0. The summed E-state index contributed by atoms with van der Waals surface area (Å²) < 4.78 is 29.1. The van der Waals surface area contributed by atoms with Gasteiger partial charge in [-0.05, 0) is 25.5 Å². The normalized spacial score (nSPS) is 47.4. The summed E-state index contributed by atoms with van der Waals surface area (Å²) in [4.78, 5) is 49.9. The van der Waals surface area contributed by atoms with E-state index in [1.54, 1.807) is 19.9 Å². The van der Waals surface area contributed by atoms with Crippen molar-refractivity contribution >= 4 is 35.5 Å². The summed E-state index contributed by atoms with van der Waals surface area (Å²) >= 11 is 6.70. The molecular weight excluding hydrogens is 508 g/mol. The Hall–Kier alpha value is -2.43. The summed E-state index contributed by atoms with van der Waals surface area (Å²) in [5.74, 6) is -4.75. The highest BCUT2D eigenvalue weighted by Gasteiger charge is 2.78. The first-order valence-corrected chi connectivity index (χ1v) is 12.7. The van der Waals surface area contributed by atoms with Gasteiger partial charge in [-0.15, -0.1) is 11.6 Å². The Morgan fingerprint density at radius 3 is 2.27 bits per heavy atom. The van der Waals surface area contributed by atoms with Gasteiger partial charge in [0.25, 0.3) is 0 Å². The van der Waals surface area contributed by atoms with E-state index in [9.17, 15) is 24.3 Å². The lowest BCUT2D eigenvalue weighted by Crippen LogP contribution is -2.69. The fourth-order valence-corrected chi connectivity index (χ4v) is 6.90. The molecule has 2 aliphatic carbocycles. The molecule has 37 heavy (non-hydrogen) atoms. The molecule has 1 N–H and O–H groups in total. The van der Waals surface area contributed by atoms with Crippen molar-refractivity contribution in [3.63, 3.8) is 0 Å². The number of hydrogen-bond donors (Lipinski definition) is 1. The van der Waals surface area contributed by atoms with Crippen molar-refractivity contribution in [2.24, 2.45) is 17.3 Å². The van der Waals surface area contributed by atoms with Crippen molar-refractivity contribution in [1.29, 1.82) is 0 Å². The Morgan fingerprint density at radius 1 is 1.11 bits per heavy atom. The van der Waals surface area contributed by atoms with Crippen LogP contribution in [0.4, 0.5) is 0 Å². The van der Waals surface area contributed by atoms with E-state index in [-0.39, 0.29) is 12.0 Å². The van der Waals surface area contributed by atoms with Gasteiger partial charge in [-0.1, -0.05) is 19.6 Å². The second-order valence-corrected chi connectivity index (χ2v) is 11.3. The summed E-state index contributed by atoms with van der Waals surface area (Å²) in [6.07, 6.45) is -1.74. The standard InChI is InChI=1S/C26H33ClO10/c1-11-8-9-16(33-13(3)28)24(6)17(34-14(4)29)10-18-25(7,37-18)20(24)22(35-15(5)30)26(32)12(2)23(31)36-21(26)19(11)27/h8-9,12,16-22,32H,1,10H2,2-7H3/b9-8+/t12?,16-,17?,18?,19?,20?,21?,22-,24-,25+,26?/m0/s1. The highest BCUT2D eigenvalue weighted by atomic mass is 35.5. The van der Waals surface area contributed by atoms with Crippen molar-refractivity contribution in [2.45, 2.75) is 95.1 Å². The van der Waals surface area contributed by atoms with Crippen LogP contribution in [-0.2, 0) is 42.9 Å². The van der Waals surface area contributed by atoms with E-state index in [1.807, 2.05) is 0 Å². The van der Waals surface area contributed by atoms with E-state index in [0.29, 0.717) is 0 Å². The summed E-state index contributed by atoms with van der Waals surface area (Å²) in [6, 6.07) is 0. The zero-order valence-corrected chi connectivity index (χ0v) is 22.4.